The summed E-state index contributed by atoms with van der Waals surface area (Å²) in [6.45, 7) is 4.94. The minimum Gasteiger partial charge on any atom is -0.368 e. The second-order valence-corrected chi connectivity index (χ2v) is 8.01. The third-order valence-electron chi connectivity index (χ3n) is 5.64. The molecule has 0 bridgehead atoms. The molecule has 0 spiro atoms. The van der Waals surface area contributed by atoms with Gasteiger partial charge in [-0.05, 0) is 16.7 Å². The van der Waals surface area contributed by atoms with Crippen LogP contribution in [-0.4, -0.2) is 35.8 Å². The van der Waals surface area contributed by atoms with E-state index in [1.165, 1.54) is 0 Å². The lowest BCUT2D eigenvalue weighted by Gasteiger charge is -2.43. The minimum atomic E-state index is -1.17. The molecule has 0 aromatic heterocycles. The standard InChI is InChI=1S/C28H30O5/c1-2-24-25(30-18-21-12-6-3-7-13-21)26(31-19-22-14-8-4-9-15-22)27(28(29)33-24)32-20-23-16-10-5-11-17-23/h2-17,24-29H,1,18-20H2/t24-,25+,26-,27-,28?/m0/s1. The summed E-state index contributed by atoms with van der Waals surface area (Å²) in [5.74, 6) is 0. The Morgan fingerprint density at radius 2 is 1.03 bits per heavy atom. The van der Waals surface area contributed by atoms with Gasteiger partial charge in [-0.3, -0.25) is 0 Å². The Hall–Kier alpha value is -2.80. The third kappa shape index (κ3) is 6.38. The van der Waals surface area contributed by atoms with Crippen molar-refractivity contribution in [1.29, 1.82) is 0 Å². The maximum atomic E-state index is 10.8. The van der Waals surface area contributed by atoms with Gasteiger partial charge in [-0.15, -0.1) is 6.58 Å². The molecule has 1 heterocycles. The largest absolute Gasteiger partial charge is 0.368 e. The zero-order chi connectivity index (χ0) is 22.9. The van der Waals surface area contributed by atoms with Gasteiger partial charge in [-0.2, -0.15) is 0 Å². The number of hydrogen-bond acceptors (Lipinski definition) is 5. The zero-order valence-corrected chi connectivity index (χ0v) is 18.5. The van der Waals surface area contributed by atoms with E-state index in [-0.39, 0.29) is 0 Å². The molecule has 1 N–H and O–H groups in total. The molecular formula is C28H30O5. The summed E-state index contributed by atoms with van der Waals surface area (Å²) < 4.78 is 24.6. The molecule has 3 aromatic rings. The van der Waals surface area contributed by atoms with Crippen LogP contribution in [0.4, 0.5) is 0 Å². The van der Waals surface area contributed by atoms with Crippen LogP contribution in [0.2, 0.25) is 0 Å². The lowest BCUT2D eigenvalue weighted by Crippen LogP contribution is -2.59. The maximum absolute atomic E-state index is 10.8. The molecule has 0 radical (unpaired) electrons. The molecule has 0 saturated carbocycles. The van der Waals surface area contributed by atoms with Crippen molar-refractivity contribution in [2.24, 2.45) is 0 Å². The van der Waals surface area contributed by atoms with Gasteiger partial charge in [0.2, 0.25) is 0 Å². The summed E-state index contributed by atoms with van der Waals surface area (Å²) in [4.78, 5) is 0. The van der Waals surface area contributed by atoms with Crippen LogP contribution in [0, 0.1) is 0 Å². The Morgan fingerprint density at radius 1 is 0.636 bits per heavy atom. The summed E-state index contributed by atoms with van der Waals surface area (Å²) in [6.07, 6.45) is -1.87. The fourth-order valence-electron chi connectivity index (χ4n) is 3.90. The summed E-state index contributed by atoms with van der Waals surface area (Å²) in [7, 11) is 0. The van der Waals surface area contributed by atoms with Crippen molar-refractivity contribution in [3.05, 3.63) is 120 Å². The van der Waals surface area contributed by atoms with E-state index in [1.807, 2.05) is 91.0 Å². The molecular weight excluding hydrogens is 416 g/mol. The Kier molecular flexibility index (Phi) is 8.41. The van der Waals surface area contributed by atoms with E-state index in [2.05, 4.69) is 6.58 Å². The molecule has 1 aliphatic heterocycles. The van der Waals surface area contributed by atoms with Crippen LogP contribution in [0.25, 0.3) is 0 Å². The van der Waals surface area contributed by atoms with E-state index in [4.69, 9.17) is 18.9 Å². The van der Waals surface area contributed by atoms with E-state index in [1.54, 1.807) is 6.08 Å². The Morgan fingerprint density at radius 3 is 1.45 bits per heavy atom. The Bertz CT molecular complexity index is 963. The first-order valence-corrected chi connectivity index (χ1v) is 11.2. The fraction of sp³-hybridized carbons (Fsp3) is 0.286. The zero-order valence-electron chi connectivity index (χ0n) is 18.5. The molecule has 5 heteroatoms. The number of aliphatic hydroxyl groups is 1. The molecule has 0 amide bonds. The van der Waals surface area contributed by atoms with Crippen LogP contribution in [0.15, 0.2) is 104 Å². The van der Waals surface area contributed by atoms with Crippen LogP contribution in [0.1, 0.15) is 16.7 Å². The van der Waals surface area contributed by atoms with Crippen LogP contribution >= 0.6 is 0 Å². The maximum Gasteiger partial charge on any atom is 0.184 e. The van der Waals surface area contributed by atoms with Crippen molar-refractivity contribution >= 4 is 0 Å². The average molecular weight is 447 g/mol. The van der Waals surface area contributed by atoms with Crippen molar-refractivity contribution in [2.75, 3.05) is 0 Å². The Labute approximate surface area is 195 Å². The lowest BCUT2D eigenvalue weighted by molar-refractivity contribution is -0.302. The van der Waals surface area contributed by atoms with Gasteiger partial charge in [0, 0.05) is 0 Å². The molecule has 0 aliphatic carbocycles. The van der Waals surface area contributed by atoms with Crippen molar-refractivity contribution in [2.45, 2.75) is 50.5 Å². The number of hydrogen-bond donors (Lipinski definition) is 1. The van der Waals surface area contributed by atoms with Crippen LogP contribution < -0.4 is 0 Å². The van der Waals surface area contributed by atoms with Gasteiger partial charge in [0.15, 0.2) is 6.29 Å². The Balaban J connectivity index is 1.54. The van der Waals surface area contributed by atoms with Gasteiger partial charge in [-0.25, -0.2) is 0 Å². The van der Waals surface area contributed by atoms with E-state index < -0.39 is 30.7 Å². The minimum absolute atomic E-state index is 0.321. The van der Waals surface area contributed by atoms with Crippen molar-refractivity contribution in [1.82, 2.24) is 0 Å². The van der Waals surface area contributed by atoms with Crippen LogP contribution in [0.3, 0.4) is 0 Å². The SMILES string of the molecule is C=C[C@@H]1OC(O)[C@@H](OCc2ccccc2)[C@@H](OCc2ccccc2)[C@@H]1OCc1ccccc1. The third-order valence-corrected chi connectivity index (χ3v) is 5.64. The van der Waals surface area contributed by atoms with Gasteiger partial charge in [-0.1, -0.05) is 97.1 Å². The number of benzene rings is 3. The first kappa shape index (κ1) is 23.4. The highest BCUT2D eigenvalue weighted by Crippen LogP contribution is 2.30. The molecule has 1 aliphatic rings. The topological polar surface area (TPSA) is 57.2 Å². The van der Waals surface area contributed by atoms with Gasteiger partial charge in [0.1, 0.15) is 24.4 Å². The smallest absolute Gasteiger partial charge is 0.184 e. The lowest BCUT2D eigenvalue weighted by atomic mass is 9.97. The average Bonchev–Trinajstić information content (AvgIpc) is 2.87. The normalized spacial score (nSPS) is 24.9. The molecule has 1 unspecified atom stereocenters. The molecule has 1 fully saturated rings. The second kappa shape index (κ2) is 11.9. The number of aliphatic hydroxyl groups excluding tert-OH is 1. The summed E-state index contributed by atoms with van der Waals surface area (Å²) in [6, 6.07) is 29.6. The van der Waals surface area contributed by atoms with Crippen molar-refractivity contribution in [3.8, 4) is 0 Å². The molecule has 172 valence electrons. The molecule has 5 atom stereocenters. The van der Waals surface area contributed by atoms with Crippen LogP contribution in [0.5, 0.6) is 0 Å². The van der Waals surface area contributed by atoms with Gasteiger partial charge in [0.05, 0.1) is 19.8 Å². The predicted molar refractivity (Wildman–Crippen MR) is 126 cm³/mol. The molecule has 5 nitrogen and oxygen atoms in total. The van der Waals surface area contributed by atoms with Crippen molar-refractivity contribution < 1.29 is 24.1 Å². The fourth-order valence-corrected chi connectivity index (χ4v) is 3.90. The molecule has 1 saturated heterocycles. The molecule has 4 rings (SSSR count). The van der Waals surface area contributed by atoms with E-state index in [0.717, 1.165) is 16.7 Å². The van der Waals surface area contributed by atoms with E-state index in [0.29, 0.717) is 19.8 Å². The second-order valence-electron chi connectivity index (χ2n) is 8.01. The summed E-state index contributed by atoms with van der Waals surface area (Å²) >= 11 is 0. The van der Waals surface area contributed by atoms with Gasteiger partial charge in [0.25, 0.3) is 0 Å². The van der Waals surface area contributed by atoms with Crippen LogP contribution in [-0.2, 0) is 38.8 Å². The molecule has 3 aromatic carbocycles. The highest BCUT2D eigenvalue weighted by Gasteiger charge is 2.46. The van der Waals surface area contributed by atoms with Crippen molar-refractivity contribution in [3.63, 3.8) is 0 Å². The first-order chi connectivity index (χ1) is 16.2. The predicted octanol–water partition coefficient (Wildman–Crippen LogP) is 4.65. The number of ether oxygens (including phenoxy) is 4. The van der Waals surface area contributed by atoms with E-state index >= 15 is 0 Å². The summed E-state index contributed by atoms with van der Waals surface area (Å²) in [5.41, 5.74) is 3.06. The van der Waals surface area contributed by atoms with Gasteiger partial charge < -0.3 is 24.1 Å². The molecule has 33 heavy (non-hydrogen) atoms. The number of rotatable bonds is 10. The highest BCUT2D eigenvalue weighted by atomic mass is 16.7. The summed E-state index contributed by atoms with van der Waals surface area (Å²) in [5, 5.41) is 10.8. The quantitative estimate of drug-likeness (QED) is 0.460. The van der Waals surface area contributed by atoms with E-state index in [9.17, 15) is 5.11 Å². The first-order valence-electron chi connectivity index (χ1n) is 11.2. The van der Waals surface area contributed by atoms with Gasteiger partial charge >= 0.3 is 0 Å². The highest BCUT2D eigenvalue weighted by molar-refractivity contribution is 5.16. The monoisotopic (exact) mass is 446 g/mol.